The predicted octanol–water partition coefficient (Wildman–Crippen LogP) is 22.5. The number of unbranched alkanes of at least 4 members (excludes halogenated alkanes) is 29. The lowest BCUT2D eigenvalue weighted by Crippen LogP contribution is -2.45. The fourth-order valence-corrected chi connectivity index (χ4v) is 10.5. The second kappa shape index (κ2) is 66.8. The fraction of sp³-hybridized carbons (Fsp3) is 0.679. The highest BCUT2D eigenvalue weighted by Gasteiger charge is 2.23. The van der Waals surface area contributed by atoms with Crippen LogP contribution in [0, 0.1) is 0 Å². The summed E-state index contributed by atoms with van der Waals surface area (Å²) in [5.41, 5.74) is 0. The van der Waals surface area contributed by atoms with E-state index >= 15 is 0 Å². The van der Waals surface area contributed by atoms with E-state index in [1.54, 1.807) is 6.08 Å². The van der Waals surface area contributed by atoms with Crippen molar-refractivity contribution in [2.45, 2.75) is 302 Å². The smallest absolute Gasteiger partial charge is 0.268 e. The van der Waals surface area contributed by atoms with Gasteiger partial charge in [0.05, 0.1) is 39.9 Å². The molecule has 0 saturated heterocycles. The van der Waals surface area contributed by atoms with Crippen molar-refractivity contribution in [3.63, 3.8) is 0 Å². The summed E-state index contributed by atoms with van der Waals surface area (Å²) in [5, 5.41) is 14.0. The summed E-state index contributed by atoms with van der Waals surface area (Å²) in [7, 11) is 1.23. The third-order valence-electron chi connectivity index (χ3n) is 15.3. The predicted molar refractivity (Wildman–Crippen MR) is 380 cm³/mol. The highest BCUT2D eigenvalue weighted by Crippen LogP contribution is 2.38. The van der Waals surface area contributed by atoms with E-state index in [0.29, 0.717) is 17.4 Å². The van der Waals surface area contributed by atoms with Gasteiger partial charge in [-0.2, -0.15) is 0 Å². The molecule has 9 heteroatoms. The van der Waals surface area contributed by atoms with Crippen molar-refractivity contribution < 1.29 is 32.9 Å². The van der Waals surface area contributed by atoms with E-state index in [0.717, 1.165) is 128 Å². The summed E-state index contributed by atoms with van der Waals surface area (Å²) in [4.78, 5) is 25.6. The summed E-state index contributed by atoms with van der Waals surface area (Å²) in [6, 6.07) is -0.910. The average Bonchev–Trinajstić information content (AvgIpc) is 3.69. The molecule has 2 N–H and O–H groups in total. The molecule has 0 saturated carbocycles. The first kappa shape index (κ1) is 83.4. The van der Waals surface area contributed by atoms with Gasteiger partial charge in [0.25, 0.3) is 7.82 Å². The zero-order valence-corrected chi connectivity index (χ0v) is 57.8. The zero-order valence-electron chi connectivity index (χ0n) is 56.9. The van der Waals surface area contributed by atoms with Crippen molar-refractivity contribution in [2.75, 3.05) is 40.9 Å². The molecule has 1 amide bonds. The Labute approximate surface area is 538 Å². The molecule has 0 aromatic heterocycles. The molecule has 0 aromatic carbocycles. The molecule has 0 aliphatic carbocycles. The number of hydrogen-bond donors (Lipinski definition) is 2. The average molecular weight is 1230 g/mol. The number of nitrogens with zero attached hydrogens (tertiary/aromatic N) is 1. The normalized spacial score (nSPS) is 14.5. The summed E-state index contributed by atoms with van der Waals surface area (Å²) >= 11 is 0. The SMILES string of the molecule is CC/C=C\C/C=C\C/C=C\C/C=C\C/C=C\C/C=C\C/C=C\C/C=C\C/C=C\C/C=C\C/C=C\CCCCCCCC(=O)NC(COP(=O)([O-])OCC[N+](C)(C)C)C(O)/C=C/CCCCCCCCCCCCCCCCCCCCCCCCCC. The Morgan fingerprint density at radius 3 is 1.02 bits per heavy atom. The monoisotopic (exact) mass is 1230 g/mol. The van der Waals surface area contributed by atoms with Gasteiger partial charge in [-0.05, 0) is 103 Å². The molecule has 8 nitrogen and oxygen atoms in total. The second-order valence-corrected chi connectivity index (χ2v) is 26.3. The van der Waals surface area contributed by atoms with Crippen molar-refractivity contribution in [3.05, 3.63) is 146 Å². The second-order valence-electron chi connectivity index (χ2n) is 24.9. The molecule has 87 heavy (non-hydrogen) atoms. The van der Waals surface area contributed by atoms with Gasteiger partial charge in [-0.3, -0.25) is 9.36 Å². The van der Waals surface area contributed by atoms with Crippen molar-refractivity contribution in [1.29, 1.82) is 0 Å². The summed E-state index contributed by atoms with van der Waals surface area (Å²) in [6.45, 7) is 4.53. The number of amides is 1. The van der Waals surface area contributed by atoms with Crippen LogP contribution in [0.25, 0.3) is 0 Å². The van der Waals surface area contributed by atoms with Crippen LogP contribution in [0.5, 0.6) is 0 Å². The third kappa shape index (κ3) is 69.7. The number of aliphatic hydroxyl groups excluding tert-OH is 1. The standard InChI is InChI=1S/C78H135N2O6P/c1-6-8-10-12-14-16-18-20-22-24-26-28-30-32-34-35-36-37-38-39-40-41-42-43-44-45-46-48-50-52-54-56-58-60-62-64-66-68-70-72-78(82)79-76(75-86-87(83,84)85-74-73-80(3,4)5)77(81)71-69-67-65-63-61-59-57-55-53-51-49-47-33-31-29-27-25-23-21-19-17-15-13-11-9-7-2/h8,10,14,16,20,22,26,28,32,34,36-37,39-40,42-43,45-46,50,52,56,58,69,71,76-77,81H,6-7,9,11-13,15,17-19,21,23-25,27,29-31,33,35,38,41,44,47-49,51,53-55,57,59-68,70,72-75H2,1-5H3,(H-,79,82,83,84)/b10-8-,16-14-,22-20-,28-26-,34-32-,37-36-,40-39-,43-42-,46-45-,52-50-,58-56-,71-69+. The van der Waals surface area contributed by atoms with Crippen LogP contribution in [0.4, 0.5) is 0 Å². The molecule has 0 spiro atoms. The maximum Gasteiger partial charge on any atom is 0.268 e. The molecule has 3 unspecified atom stereocenters. The minimum Gasteiger partial charge on any atom is -0.756 e. The maximum atomic E-state index is 13.0. The summed E-state index contributed by atoms with van der Waals surface area (Å²) in [6.07, 6.45) is 102. The minimum absolute atomic E-state index is 0.0121. The van der Waals surface area contributed by atoms with E-state index in [4.69, 9.17) is 9.05 Å². The first-order chi connectivity index (χ1) is 42.5. The number of quaternary nitrogens is 1. The number of phosphoric ester groups is 1. The molecule has 0 aliphatic heterocycles. The molecular weight excluding hydrogens is 1090 g/mol. The van der Waals surface area contributed by atoms with Crippen molar-refractivity contribution in [2.24, 2.45) is 0 Å². The summed E-state index contributed by atoms with van der Waals surface area (Å²) in [5.74, 6) is -0.219. The minimum atomic E-state index is -4.62. The summed E-state index contributed by atoms with van der Waals surface area (Å²) < 4.78 is 23.4. The first-order valence-electron chi connectivity index (χ1n) is 35.7. The molecule has 0 radical (unpaired) electrons. The van der Waals surface area contributed by atoms with Gasteiger partial charge in [0.2, 0.25) is 5.91 Å². The number of carbonyl (C=O) groups is 1. The lowest BCUT2D eigenvalue weighted by atomic mass is 10.0. The molecule has 498 valence electrons. The van der Waals surface area contributed by atoms with Gasteiger partial charge in [0, 0.05) is 6.42 Å². The van der Waals surface area contributed by atoms with E-state index in [9.17, 15) is 19.4 Å². The number of rotatable bonds is 64. The number of phosphoric acid groups is 1. The van der Waals surface area contributed by atoms with E-state index in [2.05, 4.69) is 153 Å². The van der Waals surface area contributed by atoms with Crippen LogP contribution >= 0.6 is 7.82 Å². The van der Waals surface area contributed by atoms with E-state index < -0.39 is 26.6 Å². The Hall–Kier alpha value is -3.62. The van der Waals surface area contributed by atoms with Crippen LogP contribution < -0.4 is 10.2 Å². The number of nitrogens with one attached hydrogen (secondary N) is 1. The Bertz CT molecular complexity index is 1930. The highest BCUT2D eigenvalue weighted by molar-refractivity contribution is 7.45. The Morgan fingerprint density at radius 2 is 0.701 bits per heavy atom. The molecule has 0 heterocycles. The van der Waals surface area contributed by atoms with Gasteiger partial charge in [-0.15, -0.1) is 0 Å². The Morgan fingerprint density at radius 1 is 0.414 bits per heavy atom. The van der Waals surface area contributed by atoms with Crippen LogP contribution in [0.3, 0.4) is 0 Å². The lowest BCUT2D eigenvalue weighted by molar-refractivity contribution is -0.870. The van der Waals surface area contributed by atoms with E-state index in [-0.39, 0.29) is 12.5 Å². The molecular formula is C78H135N2O6P. The molecule has 3 atom stereocenters. The largest absolute Gasteiger partial charge is 0.756 e. The topological polar surface area (TPSA) is 108 Å². The zero-order chi connectivity index (χ0) is 63.4. The van der Waals surface area contributed by atoms with Gasteiger partial charge in [0.15, 0.2) is 0 Å². The van der Waals surface area contributed by atoms with Crippen LogP contribution in [0.1, 0.15) is 290 Å². The van der Waals surface area contributed by atoms with Crippen molar-refractivity contribution in [3.8, 4) is 0 Å². The number of likely N-dealkylation sites (N-methyl/N-ethyl adjacent to an activating group) is 1. The van der Waals surface area contributed by atoms with E-state index in [1.165, 1.54) is 141 Å². The first-order valence-corrected chi connectivity index (χ1v) is 37.2. The van der Waals surface area contributed by atoms with Gasteiger partial charge in [-0.25, -0.2) is 0 Å². The van der Waals surface area contributed by atoms with Crippen LogP contribution in [0.15, 0.2) is 146 Å². The molecule has 0 rings (SSSR count). The van der Waals surface area contributed by atoms with Crippen LogP contribution in [-0.2, 0) is 18.4 Å². The van der Waals surface area contributed by atoms with E-state index in [1.807, 2.05) is 27.2 Å². The highest BCUT2D eigenvalue weighted by atomic mass is 31.2. The van der Waals surface area contributed by atoms with Gasteiger partial charge in [-0.1, -0.05) is 327 Å². The quantitative estimate of drug-likeness (QED) is 0.0272. The number of hydrogen-bond acceptors (Lipinski definition) is 6. The lowest BCUT2D eigenvalue weighted by Gasteiger charge is -2.29. The fourth-order valence-electron chi connectivity index (χ4n) is 9.81. The molecule has 0 aromatic rings. The van der Waals surface area contributed by atoms with Gasteiger partial charge in [0.1, 0.15) is 13.2 Å². The Kier molecular flexibility index (Phi) is 64.0. The van der Waals surface area contributed by atoms with Crippen LogP contribution in [-0.4, -0.2) is 68.5 Å². The van der Waals surface area contributed by atoms with Crippen LogP contribution in [0.2, 0.25) is 0 Å². The number of allylic oxidation sites excluding steroid dienone is 23. The number of carbonyl (C=O) groups excluding carboxylic acids is 1. The van der Waals surface area contributed by atoms with Crippen molar-refractivity contribution in [1.82, 2.24) is 5.32 Å². The maximum absolute atomic E-state index is 13.0. The van der Waals surface area contributed by atoms with Gasteiger partial charge >= 0.3 is 0 Å². The molecule has 0 bridgehead atoms. The Balaban J connectivity index is 4.19. The van der Waals surface area contributed by atoms with Gasteiger partial charge < -0.3 is 28.8 Å². The molecule has 0 aliphatic rings. The number of aliphatic hydroxyl groups is 1. The third-order valence-corrected chi connectivity index (χ3v) is 16.3. The van der Waals surface area contributed by atoms with Crippen molar-refractivity contribution >= 4 is 13.7 Å². The molecule has 0 fully saturated rings.